The molecule has 13 nitrogen and oxygen atoms in total. The van der Waals surface area contributed by atoms with Crippen LogP contribution in [0.25, 0.3) is 6.08 Å². The molecule has 3 amide bonds. The van der Waals surface area contributed by atoms with Crippen LogP contribution < -0.4 is 25.4 Å². The SMILES string of the molecule is CCOC(=O)[C@@H](CCC(=O)OCc1ccccc1)NC(=O)[C@@H](NC(=O)CNC(=O)/C=C/c1ccc(OC2CCCCO2)c(OC)c1)C(C)C. The Balaban J connectivity index is 1.50. The van der Waals surface area contributed by atoms with Crippen molar-refractivity contribution in [3.05, 3.63) is 65.7 Å². The fourth-order valence-corrected chi connectivity index (χ4v) is 4.81. The van der Waals surface area contributed by atoms with Gasteiger partial charge in [-0.1, -0.05) is 50.2 Å². The third kappa shape index (κ3) is 13.6. The number of carbonyl (C=O) groups excluding carboxylic acids is 5. The van der Waals surface area contributed by atoms with Crippen molar-refractivity contribution in [2.75, 3.05) is 26.9 Å². The molecule has 3 rings (SSSR count). The lowest BCUT2D eigenvalue weighted by molar-refractivity contribution is -0.149. The number of methoxy groups -OCH3 is 1. The topological polar surface area (TPSA) is 168 Å². The molecule has 1 aliphatic heterocycles. The molecule has 0 radical (unpaired) electrons. The maximum absolute atomic E-state index is 13.2. The molecule has 1 unspecified atom stereocenters. The van der Waals surface area contributed by atoms with E-state index in [0.29, 0.717) is 23.7 Å². The van der Waals surface area contributed by atoms with Crippen molar-refractivity contribution < 1.29 is 47.7 Å². The Morgan fingerprint density at radius 2 is 1.76 bits per heavy atom. The summed E-state index contributed by atoms with van der Waals surface area (Å²) in [5.41, 5.74) is 1.49. The summed E-state index contributed by atoms with van der Waals surface area (Å²) in [6, 6.07) is 12.2. The standard InChI is InChI=1S/C36H47N3O10/c1-5-46-36(44)27(16-19-32(42)48-23-26-11-7-6-8-12-26)38-35(43)34(24(2)3)39-31(41)22-37-30(40)18-15-25-14-17-28(29(21-25)45-4)49-33-13-9-10-20-47-33/h6-8,11-12,14-15,17-18,21,24,27,33-34H,5,9-10,13,16,19-20,22-23H2,1-4H3,(H,37,40)(H,38,43)(H,39,41)/b18-15+/t27-,33?,34+/m1/s1. The van der Waals surface area contributed by atoms with Gasteiger partial charge in [0.25, 0.3) is 0 Å². The Labute approximate surface area is 287 Å². The minimum atomic E-state index is -1.14. The fourth-order valence-electron chi connectivity index (χ4n) is 4.81. The third-order valence-corrected chi connectivity index (χ3v) is 7.47. The smallest absolute Gasteiger partial charge is 0.328 e. The highest BCUT2D eigenvalue weighted by atomic mass is 16.7. The molecule has 0 spiro atoms. The molecule has 1 saturated heterocycles. The van der Waals surface area contributed by atoms with Crippen molar-refractivity contribution in [2.24, 2.45) is 5.92 Å². The molecule has 49 heavy (non-hydrogen) atoms. The predicted octanol–water partition coefficient (Wildman–Crippen LogP) is 3.44. The fraction of sp³-hybridized carbons (Fsp3) is 0.472. The number of rotatable bonds is 18. The van der Waals surface area contributed by atoms with Crippen molar-refractivity contribution >= 4 is 35.7 Å². The summed E-state index contributed by atoms with van der Waals surface area (Å²) in [4.78, 5) is 63.4. The first-order valence-corrected chi connectivity index (χ1v) is 16.5. The largest absolute Gasteiger partial charge is 0.493 e. The van der Waals surface area contributed by atoms with E-state index in [1.165, 1.54) is 13.2 Å². The van der Waals surface area contributed by atoms with Crippen LogP contribution in [0, 0.1) is 5.92 Å². The van der Waals surface area contributed by atoms with Crippen LogP contribution in [0.4, 0.5) is 0 Å². The van der Waals surface area contributed by atoms with Gasteiger partial charge in [-0.2, -0.15) is 0 Å². The highest BCUT2D eigenvalue weighted by Gasteiger charge is 2.30. The number of carbonyl (C=O) groups is 5. The molecular formula is C36H47N3O10. The minimum absolute atomic E-state index is 0.0596. The normalized spacial score (nSPS) is 15.5. The number of ether oxygens (including phenoxy) is 5. The monoisotopic (exact) mass is 681 g/mol. The average Bonchev–Trinajstić information content (AvgIpc) is 3.10. The third-order valence-electron chi connectivity index (χ3n) is 7.47. The molecule has 13 heteroatoms. The second-order valence-corrected chi connectivity index (χ2v) is 11.7. The summed E-state index contributed by atoms with van der Waals surface area (Å²) >= 11 is 0. The molecule has 0 saturated carbocycles. The van der Waals surface area contributed by atoms with Gasteiger partial charge in [-0.25, -0.2) is 4.79 Å². The Morgan fingerprint density at radius 1 is 0.980 bits per heavy atom. The van der Waals surface area contributed by atoms with Gasteiger partial charge in [0.05, 0.1) is 26.9 Å². The van der Waals surface area contributed by atoms with Crippen LogP contribution in [0.15, 0.2) is 54.6 Å². The summed E-state index contributed by atoms with van der Waals surface area (Å²) in [5.74, 6) is -2.38. The van der Waals surface area contributed by atoms with E-state index in [2.05, 4.69) is 16.0 Å². The van der Waals surface area contributed by atoms with E-state index in [4.69, 9.17) is 23.7 Å². The Kier molecular flexibility index (Phi) is 16.1. The Morgan fingerprint density at radius 3 is 2.43 bits per heavy atom. The van der Waals surface area contributed by atoms with E-state index in [0.717, 1.165) is 24.8 Å². The van der Waals surface area contributed by atoms with E-state index in [1.807, 2.05) is 30.3 Å². The summed E-state index contributed by atoms with van der Waals surface area (Å²) in [5, 5.41) is 7.70. The van der Waals surface area contributed by atoms with Gasteiger partial charge in [0.2, 0.25) is 17.7 Å². The molecule has 1 fully saturated rings. The van der Waals surface area contributed by atoms with Gasteiger partial charge in [0, 0.05) is 18.9 Å². The van der Waals surface area contributed by atoms with E-state index in [9.17, 15) is 24.0 Å². The van der Waals surface area contributed by atoms with Crippen LogP contribution in [-0.2, 0) is 44.8 Å². The lowest BCUT2D eigenvalue weighted by atomic mass is 10.0. The summed E-state index contributed by atoms with van der Waals surface area (Å²) in [6.07, 6.45) is 5.13. The minimum Gasteiger partial charge on any atom is -0.493 e. The molecule has 1 aliphatic rings. The first-order valence-electron chi connectivity index (χ1n) is 16.5. The molecule has 3 N–H and O–H groups in total. The molecule has 0 bridgehead atoms. The maximum atomic E-state index is 13.2. The van der Waals surface area contributed by atoms with Gasteiger partial charge in [-0.3, -0.25) is 19.2 Å². The van der Waals surface area contributed by atoms with Crippen molar-refractivity contribution in [3.8, 4) is 11.5 Å². The highest BCUT2D eigenvalue weighted by Crippen LogP contribution is 2.31. The lowest BCUT2D eigenvalue weighted by Gasteiger charge is -2.24. The maximum Gasteiger partial charge on any atom is 0.328 e. The number of esters is 2. The molecule has 0 aromatic heterocycles. The van der Waals surface area contributed by atoms with Gasteiger partial charge in [-0.05, 0) is 61.4 Å². The van der Waals surface area contributed by atoms with Gasteiger partial charge in [0.15, 0.2) is 17.8 Å². The van der Waals surface area contributed by atoms with Crippen LogP contribution in [0.5, 0.6) is 11.5 Å². The predicted molar refractivity (Wildman–Crippen MR) is 180 cm³/mol. The van der Waals surface area contributed by atoms with Gasteiger partial charge in [0.1, 0.15) is 18.7 Å². The zero-order valence-electron chi connectivity index (χ0n) is 28.5. The quantitative estimate of drug-likeness (QED) is 0.157. The second-order valence-electron chi connectivity index (χ2n) is 11.7. The van der Waals surface area contributed by atoms with Crippen LogP contribution in [0.2, 0.25) is 0 Å². The molecular weight excluding hydrogens is 634 g/mol. The number of benzene rings is 2. The zero-order chi connectivity index (χ0) is 35.6. The van der Waals surface area contributed by atoms with Crippen LogP contribution in [0.1, 0.15) is 64.0 Å². The summed E-state index contributed by atoms with van der Waals surface area (Å²) in [7, 11) is 1.52. The Bertz CT molecular complexity index is 1420. The molecule has 2 aromatic rings. The van der Waals surface area contributed by atoms with Crippen LogP contribution in [0.3, 0.4) is 0 Å². The highest BCUT2D eigenvalue weighted by molar-refractivity contribution is 5.96. The first-order chi connectivity index (χ1) is 23.6. The summed E-state index contributed by atoms with van der Waals surface area (Å²) in [6.45, 7) is 5.48. The number of hydrogen-bond acceptors (Lipinski definition) is 10. The molecule has 3 atom stereocenters. The molecule has 266 valence electrons. The second kappa shape index (κ2) is 20.5. The van der Waals surface area contributed by atoms with Crippen LogP contribution >= 0.6 is 0 Å². The number of hydrogen-bond donors (Lipinski definition) is 3. The van der Waals surface area contributed by atoms with Crippen molar-refractivity contribution in [1.29, 1.82) is 0 Å². The van der Waals surface area contributed by atoms with E-state index >= 15 is 0 Å². The van der Waals surface area contributed by atoms with E-state index in [-0.39, 0.29) is 38.3 Å². The number of nitrogens with one attached hydrogen (secondary N) is 3. The van der Waals surface area contributed by atoms with Gasteiger partial charge >= 0.3 is 11.9 Å². The van der Waals surface area contributed by atoms with E-state index < -0.39 is 48.3 Å². The van der Waals surface area contributed by atoms with Crippen molar-refractivity contribution in [2.45, 2.75) is 77.9 Å². The van der Waals surface area contributed by atoms with E-state index in [1.54, 1.807) is 45.0 Å². The summed E-state index contributed by atoms with van der Waals surface area (Å²) < 4.78 is 27.3. The average molecular weight is 682 g/mol. The zero-order valence-corrected chi connectivity index (χ0v) is 28.5. The van der Waals surface area contributed by atoms with Gasteiger partial charge < -0.3 is 39.6 Å². The number of amides is 3. The Hall–Kier alpha value is -4.91. The first kappa shape index (κ1) is 38.5. The van der Waals surface area contributed by atoms with Crippen LogP contribution in [-0.4, -0.2) is 74.9 Å². The van der Waals surface area contributed by atoms with Crippen molar-refractivity contribution in [3.63, 3.8) is 0 Å². The van der Waals surface area contributed by atoms with Gasteiger partial charge in [-0.15, -0.1) is 0 Å². The molecule has 1 heterocycles. The molecule has 0 aliphatic carbocycles. The lowest BCUT2D eigenvalue weighted by Crippen LogP contribution is -2.55. The van der Waals surface area contributed by atoms with Crippen molar-refractivity contribution in [1.82, 2.24) is 16.0 Å². The molecule has 2 aromatic carbocycles.